The van der Waals surface area contributed by atoms with Crippen LogP contribution in [-0.2, 0) is 0 Å². The molecule has 0 aliphatic heterocycles. The number of rotatable bonds is 2. The number of hydrogen-bond acceptors (Lipinski definition) is 3. The zero-order chi connectivity index (χ0) is 10.1. The van der Waals surface area contributed by atoms with Gasteiger partial charge in [0.25, 0.3) is 0 Å². The summed E-state index contributed by atoms with van der Waals surface area (Å²) in [5.74, 6) is 0.178. The van der Waals surface area contributed by atoms with Crippen LogP contribution in [0.5, 0.6) is 0 Å². The molecule has 1 atom stereocenters. The Kier molecular flexibility index (Phi) is 2.86. The Morgan fingerprint density at radius 1 is 1.54 bits per heavy atom. The molecular weight excluding hydrogens is 166 g/mol. The lowest BCUT2D eigenvalue weighted by Gasteiger charge is -2.35. The SMILES string of the molecule is CC1=C(N=O)CC(O)(C(C)C)CC1. The van der Waals surface area contributed by atoms with Gasteiger partial charge in [0.05, 0.1) is 11.3 Å². The summed E-state index contributed by atoms with van der Waals surface area (Å²) in [7, 11) is 0. The first kappa shape index (κ1) is 10.4. The Labute approximate surface area is 78.8 Å². The average Bonchev–Trinajstić information content (AvgIpc) is 2.09. The highest BCUT2D eigenvalue weighted by molar-refractivity contribution is 5.18. The first-order valence-electron chi connectivity index (χ1n) is 4.74. The van der Waals surface area contributed by atoms with Crippen LogP contribution in [-0.4, -0.2) is 10.7 Å². The Morgan fingerprint density at radius 2 is 2.15 bits per heavy atom. The van der Waals surface area contributed by atoms with Crippen LogP contribution in [0.25, 0.3) is 0 Å². The van der Waals surface area contributed by atoms with E-state index in [1.54, 1.807) is 0 Å². The number of nitrogens with zero attached hydrogens (tertiary/aromatic N) is 1. The van der Waals surface area contributed by atoms with Gasteiger partial charge in [0, 0.05) is 6.42 Å². The van der Waals surface area contributed by atoms with Crippen LogP contribution in [0.3, 0.4) is 0 Å². The molecule has 3 nitrogen and oxygen atoms in total. The molecule has 0 heterocycles. The molecule has 0 saturated carbocycles. The number of nitroso groups, excluding NO2 is 1. The molecule has 0 fully saturated rings. The van der Waals surface area contributed by atoms with Crippen LogP contribution in [0, 0.1) is 10.8 Å². The minimum atomic E-state index is -0.719. The van der Waals surface area contributed by atoms with E-state index in [1.807, 2.05) is 20.8 Å². The van der Waals surface area contributed by atoms with Crippen molar-refractivity contribution < 1.29 is 5.11 Å². The number of allylic oxidation sites excluding steroid dienone is 1. The molecule has 74 valence electrons. The van der Waals surface area contributed by atoms with Crippen molar-refractivity contribution in [3.05, 3.63) is 16.2 Å². The van der Waals surface area contributed by atoms with Crippen molar-refractivity contribution in [3.8, 4) is 0 Å². The van der Waals surface area contributed by atoms with E-state index < -0.39 is 5.60 Å². The molecule has 0 amide bonds. The minimum Gasteiger partial charge on any atom is -0.389 e. The summed E-state index contributed by atoms with van der Waals surface area (Å²) in [6.07, 6.45) is 1.95. The molecule has 0 aromatic rings. The van der Waals surface area contributed by atoms with Gasteiger partial charge in [-0.25, -0.2) is 0 Å². The second kappa shape index (κ2) is 3.58. The van der Waals surface area contributed by atoms with E-state index in [0.29, 0.717) is 12.1 Å². The van der Waals surface area contributed by atoms with Gasteiger partial charge in [-0.05, 0) is 36.4 Å². The van der Waals surface area contributed by atoms with E-state index >= 15 is 0 Å². The molecule has 0 saturated heterocycles. The van der Waals surface area contributed by atoms with Gasteiger partial charge in [-0.15, -0.1) is 4.91 Å². The summed E-state index contributed by atoms with van der Waals surface area (Å²) >= 11 is 0. The fourth-order valence-electron chi connectivity index (χ4n) is 1.68. The van der Waals surface area contributed by atoms with Gasteiger partial charge in [0.15, 0.2) is 0 Å². The van der Waals surface area contributed by atoms with Crippen molar-refractivity contribution in [1.29, 1.82) is 0 Å². The smallest absolute Gasteiger partial charge is 0.0866 e. The lowest BCUT2D eigenvalue weighted by atomic mass is 9.77. The van der Waals surface area contributed by atoms with Crippen LogP contribution in [0.1, 0.15) is 40.0 Å². The van der Waals surface area contributed by atoms with E-state index in [0.717, 1.165) is 18.4 Å². The third-order valence-electron chi connectivity index (χ3n) is 3.08. The van der Waals surface area contributed by atoms with Gasteiger partial charge >= 0.3 is 0 Å². The molecule has 0 aromatic carbocycles. The molecular formula is C10H17NO2. The van der Waals surface area contributed by atoms with Gasteiger partial charge in [-0.3, -0.25) is 0 Å². The highest BCUT2D eigenvalue weighted by Crippen LogP contribution is 2.37. The Morgan fingerprint density at radius 3 is 2.62 bits per heavy atom. The monoisotopic (exact) mass is 183 g/mol. The van der Waals surface area contributed by atoms with E-state index in [2.05, 4.69) is 5.18 Å². The molecule has 0 spiro atoms. The van der Waals surface area contributed by atoms with Crippen LogP contribution in [0.2, 0.25) is 0 Å². The van der Waals surface area contributed by atoms with Gasteiger partial charge in [-0.2, -0.15) is 0 Å². The molecule has 1 unspecified atom stereocenters. The zero-order valence-corrected chi connectivity index (χ0v) is 8.50. The first-order chi connectivity index (χ1) is 5.99. The van der Waals surface area contributed by atoms with Crippen LogP contribution in [0.15, 0.2) is 16.4 Å². The lowest BCUT2D eigenvalue weighted by molar-refractivity contribution is -0.0174. The first-order valence-corrected chi connectivity index (χ1v) is 4.74. The summed E-state index contributed by atoms with van der Waals surface area (Å²) < 4.78 is 0. The average molecular weight is 183 g/mol. The van der Waals surface area contributed by atoms with Gasteiger partial charge in [0.2, 0.25) is 0 Å². The predicted octanol–water partition coefficient (Wildman–Crippen LogP) is 2.60. The molecule has 0 radical (unpaired) electrons. The molecule has 3 heteroatoms. The van der Waals surface area contributed by atoms with E-state index in [4.69, 9.17) is 0 Å². The fraction of sp³-hybridized carbons (Fsp3) is 0.800. The summed E-state index contributed by atoms with van der Waals surface area (Å²) in [6.45, 7) is 5.86. The van der Waals surface area contributed by atoms with Gasteiger partial charge < -0.3 is 5.11 Å². The van der Waals surface area contributed by atoms with Gasteiger partial charge in [0.1, 0.15) is 0 Å². The van der Waals surface area contributed by atoms with Crippen LogP contribution >= 0.6 is 0 Å². The maximum atomic E-state index is 10.5. The maximum absolute atomic E-state index is 10.5. The molecule has 1 N–H and O–H groups in total. The largest absolute Gasteiger partial charge is 0.389 e. The summed E-state index contributed by atoms with van der Waals surface area (Å²) in [5, 5.41) is 13.1. The Bertz CT molecular complexity index is 245. The molecule has 1 aliphatic rings. The van der Waals surface area contributed by atoms with Crippen LogP contribution < -0.4 is 0 Å². The molecule has 13 heavy (non-hydrogen) atoms. The van der Waals surface area contributed by atoms with Crippen molar-refractivity contribution in [1.82, 2.24) is 0 Å². The third kappa shape index (κ3) is 1.97. The van der Waals surface area contributed by atoms with Gasteiger partial charge in [-0.1, -0.05) is 13.8 Å². The summed E-state index contributed by atoms with van der Waals surface area (Å²) in [6, 6.07) is 0. The highest BCUT2D eigenvalue weighted by Gasteiger charge is 2.35. The van der Waals surface area contributed by atoms with E-state index in [1.165, 1.54) is 0 Å². The second-order valence-electron chi connectivity index (χ2n) is 4.25. The topological polar surface area (TPSA) is 49.7 Å². The Hall–Kier alpha value is -0.700. The number of aliphatic hydroxyl groups is 1. The van der Waals surface area contributed by atoms with Crippen molar-refractivity contribution in [3.63, 3.8) is 0 Å². The zero-order valence-electron chi connectivity index (χ0n) is 8.50. The summed E-state index contributed by atoms with van der Waals surface area (Å²) in [4.78, 5) is 10.5. The second-order valence-corrected chi connectivity index (χ2v) is 4.25. The normalized spacial score (nSPS) is 29.6. The minimum absolute atomic E-state index is 0.178. The van der Waals surface area contributed by atoms with Crippen LogP contribution in [0.4, 0.5) is 0 Å². The molecule has 1 rings (SSSR count). The molecule has 1 aliphatic carbocycles. The standard InChI is InChI=1S/C10H17NO2/c1-7(2)10(12)5-4-8(3)9(6-10)11-13/h7,12H,4-6H2,1-3H3. The third-order valence-corrected chi connectivity index (χ3v) is 3.08. The predicted molar refractivity (Wildman–Crippen MR) is 52.1 cm³/mol. The van der Waals surface area contributed by atoms with E-state index in [9.17, 15) is 10.0 Å². The Balaban J connectivity index is 2.86. The van der Waals surface area contributed by atoms with E-state index in [-0.39, 0.29) is 5.92 Å². The molecule has 0 aromatic heterocycles. The van der Waals surface area contributed by atoms with Crippen molar-refractivity contribution >= 4 is 0 Å². The quantitative estimate of drug-likeness (QED) is 0.669. The molecule has 0 bridgehead atoms. The maximum Gasteiger partial charge on any atom is 0.0866 e. The fourth-order valence-corrected chi connectivity index (χ4v) is 1.68. The van der Waals surface area contributed by atoms with Crippen molar-refractivity contribution in [2.75, 3.05) is 0 Å². The van der Waals surface area contributed by atoms with Crippen molar-refractivity contribution in [2.45, 2.75) is 45.6 Å². The number of hydrogen-bond donors (Lipinski definition) is 1. The highest BCUT2D eigenvalue weighted by atomic mass is 16.3. The summed E-state index contributed by atoms with van der Waals surface area (Å²) in [5.41, 5.74) is 0.853. The van der Waals surface area contributed by atoms with Crippen molar-refractivity contribution in [2.24, 2.45) is 11.1 Å². The lowest BCUT2D eigenvalue weighted by Crippen LogP contribution is -2.37.